The number of rotatable bonds is 5. The van der Waals surface area contributed by atoms with E-state index in [2.05, 4.69) is 4.98 Å². The largest absolute Gasteiger partial charge is 0.383 e. The molecule has 172 valence electrons. The third-order valence-electron chi connectivity index (χ3n) is 7.01. The molecular formula is C28H24N6O. The molecule has 0 unspecified atom stereocenters. The average molecular weight is 461 g/mol. The third kappa shape index (κ3) is 3.35. The lowest BCUT2D eigenvalue weighted by molar-refractivity contribution is -0.126. The number of primary amides is 1. The minimum absolute atomic E-state index is 0.262. The summed E-state index contributed by atoms with van der Waals surface area (Å²) in [6.45, 7) is 0. The van der Waals surface area contributed by atoms with Gasteiger partial charge in [-0.15, -0.1) is 0 Å². The van der Waals surface area contributed by atoms with E-state index in [1.54, 1.807) is 6.20 Å². The zero-order chi connectivity index (χ0) is 24.0. The quantitative estimate of drug-likeness (QED) is 0.397. The molecular weight excluding hydrogens is 436 g/mol. The van der Waals surface area contributed by atoms with Crippen LogP contribution in [0.15, 0.2) is 85.1 Å². The zero-order valence-corrected chi connectivity index (χ0v) is 19.1. The van der Waals surface area contributed by atoms with Gasteiger partial charge in [0.05, 0.1) is 16.7 Å². The fourth-order valence-electron chi connectivity index (χ4n) is 4.90. The van der Waals surface area contributed by atoms with Crippen LogP contribution in [0.4, 0.5) is 5.82 Å². The van der Waals surface area contributed by atoms with Gasteiger partial charge in [-0.05, 0) is 54.8 Å². The van der Waals surface area contributed by atoms with Gasteiger partial charge in [-0.3, -0.25) is 9.36 Å². The summed E-state index contributed by atoms with van der Waals surface area (Å²) in [7, 11) is 0. The SMILES string of the molecule is NC(=O)C1(c2ccc(-n3c(-c4cccnc4N)nc4ccc(-c5ccccc5)nc43)cc2)CCC1. The highest BCUT2D eigenvalue weighted by Crippen LogP contribution is 2.44. The van der Waals surface area contributed by atoms with Crippen LogP contribution in [-0.4, -0.2) is 25.4 Å². The van der Waals surface area contributed by atoms with Crippen LogP contribution in [0.25, 0.3) is 39.5 Å². The standard InChI is InChI=1S/C28H24N6O/c29-24-21(8-4-17-31-24)25-33-23-14-13-22(18-6-2-1-3-7-18)32-26(23)34(25)20-11-9-19(10-12-20)28(27(30)35)15-5-16-28/h1-4,6-14,17H,5,15-16H2,(H2,29,31)(H2,30,35). The first-order valence-electron chi connectivity index (χ1n) is 11.6. The van der Waals surface area contributed by atoms with E-state index in [-0.39, 0.29) is 5.91 Å². The van der Waals surface area contributed by atoms with Crippen LogP contribution >= 0.6 is 0 Å². The molecule has 7 heteroatoms. The predicted octanol–water partition coefficient (Wildman–Crippen LogP) is 4.64. The molecule has 6 rings (SSSR count). The molecule has 1 aliphatic carbocycles. The van der Waals surface area contributed by atoms with Gasteiger partial charge in [0.1, 0.15) is 11.3 Å². The second-order valence-electron chi connectivity index (χ2n) is 8.96. The molecule has 1 saturated carbocycles. The Bertz CT molecular complexity index is 1550. The molecule has 3 heterocycles. The van der Waals surface area contributed by atoms with Gasteiger partial charge in [-0.25, -0.2) is 15.0 Å². The fourth-order valence-corrected chi connectivity index (χ4v) is 4.90. The monoisotopic (exact) mass is 460 g/mol. The van der Waals surface area contributed by atoms with Crippen molar-refractivity contribution < 1.29 is 4.79 Å². The van der Waals surface area contributed by atoms with Crippen molar-refractivity contribution >= 4 is 22.9 Å². The van der Waals surface area contributed by atoms with E-state index in [0.29, 0.717) is 17.3 Å². The highest BCUT2D eigenvalue weighted by molar-refractivity contribution is 5.88. The Kier molecular flexibility index (Phi) is 4.84. The Hall–Kier alpha value is -4.52. The van der Waals surface area contributed by atoms with E-state index in [0.717, 1.165) is 52.9 Å². The van der Waals surface area contributed by atoms with Crippen molar-refractivity contribution in [1.82, 2.24) is 19.5 Å². The van der Waals surface area contributed by atoms with Crippen molar-refractivity contribution in [2.45, 2.75) is 24.7 Å². The lowest BCUT2D eigenvalue weighted by atomic mass is 9.64. The van der Waals surface area contributed by atoms with E-state index < -0.39 is 5.41 Å². The summed E-state index contributed by atoms with van der Waals surface area (Å²) in [5.41, 5.74) is 17.3. The Morgan fingerprint density at radius 2 is 1.66 bits per heavy atom. The summed E-state index contributed by atoms with van der Waals surface area (Å²) in [5, 5.41) is 0. The molecule has 0 radical (unpaired) electrons. The molecule has 3 aromatic heterocycles. The number of imidazole rings is 1. The molecule has 1 amide bonds. The van der Waals surface area contributed by atoms with Crippen LogP contribution in [0.1, 0.15) is 24.8 Å². The maximum atomic E-state index is 12.2. The van der Waals surface area contributed by atoms with Gasteiger partial charge in [0.15, 0.2) is 11.5 Å². The summed E-state index contributed by atoms with van der Waals surface area (Å²) in [6, 6.07) is 25.7. The minimum Gasteiger partial charge on any atom is -0.383 e. The summed E-state index contributed by atoms with van der Waals surface area (Å²) in [4.78, 5) is 26.4. The van der Waals surface area contributed by atoms with E-state index >= 15 is 0 Å². The number of fused-ring (bicyclic) bond motifs is 1. The van der Waals surface area contributed by atoms with E-state index in [1.807, 2.05) is 83.4 Å². The van der Waals surface area contributed by atoms with Crippen LogP contribution in [0, 0.1) is 0 Å². The smallest absolute Gasteiger partial charge is 0.228 e. The number of nitrogens with two attached hydrogens (primary N) is 2. The molecule has 1 fully saturated rings. The van der Waals surface area contributed by atoms with Crippen LogP contribution in [0.2, 0.25) is 0 Å². The molecule has 0 aliphatic heterocycles. The normalized spacial score (nSPS) is 14.5. The number of nitrogen functional groups attached to an aromatic ring is 1. The molecule has 0 bridgehead atoms. The van der Waals surface area contributed by atoms with Gasteiger partial charge in [-0.1, -0.05) is 48.9 Å². The van der Waals surface area contributed by atoms with Crippen molar-refractivity contribution in [3.63, 3.8) is 0 Å². The van der Waals surface area contributed by atoms with Gasteiger partial charge in [0.25, 0.3) is 0 Å². The maximum absolute atomic E-state index is 12.2. The second-order valence-corrected chi connectivity index (χ2v) is 8.96. The van der Waals surface area contributed by atoms with Gasteiger partial charge in [0, 0.05) is 17.4 Å². The van der Waals surface area contributed by atoms with Crippen molar-refractivity contribution in [3.05, 3.63) is 90.6 Å². The van der Waals surface area contributed by atoms with E-state index in [4.69, 9.17) is 21.4 Å². The zero-order valence-electron chi connectivity index (χ0n) is 19.1. The van der Waals surface area contributed by atoms with Crippen molar-refractivity contribution in [3.8, 4) is 28.3 Å². The summed E-state index contributed by atoms with van der Waals surface area (Å²) in [6.07, 6.45) is 4.24. The fraction of sp³-hybridized carbons (Fsp3) is 0.143. The molecule has 7 nitrogen and oxygen atoms in total. The molecule has 1 aliphatic rings. The second kappa shape index (κ2) is 8.06. The Morgan fingerprint density at radius 1 is 0.886 bits per heavy atom. The summed E-state index contributed by atoms with van der Waals surface area (Å²) >= 11 is 0. The molecule has 35 heavy (non-hydrogen) atoms. The van der Waals surface area contributed by atoms with Crippen molar-refractivity contribution in [2.75, 3.05) is 5.73 Å². The van der Waals surface area contributed by atoms with Gasteiger partial charge in [0.2, 0.25) is 5.91 Å². The maximum Gasteiger partial charge on any atom is 0.228 e. The van der Waals surface area contributed by atoms with Gasteiger partial charge >= 0.3 is 0 Å². The Labute approximate surface area is 202 Å². The van der Waals surface area contributed by atoms with Crippen molar-refractivity contribution in [2.24, 2.45) is 5.73 Å². The highest BCUT2D eigenvalue weighted by Gasteiger charge is 2.44. The lowest BCUT2D eigenvalue weighted by Gasteiger charge is -2.39. The number of nitrogens with zero attached hydrogens (tertiary/aromatic N) is 4. The number of carbonyl (C=O) groups excluding carboxylic acids is 1. The first-order chi connectivity index (χ1) is 17.1. The van der Waals surface area contributed by atoms with Crippen LogP contribution < -0.4 is 11.5 Å². The topological polar surface area (TPSA) is 113 Å². The Morgan fingerprint density at radius 3 is 2.31 bits per heavy atom. The molecule has 0 saturated heterocycles. The van der Waals surface area contributed by atoms with Gasteiger partial charge in [-0.2, -0.15) is 0 Å². The highest BCUT2D eigenvalue weighted by atomic mass is 16.1. The summed E-state index contributed by atoms with van der Waals surface area (Å²) < 4.78 is 2.00. The summed E-state index contributed by atoms with van der Waals surface area (Å²) in [5.74, 6) is 0.790. The molecule has 2 aromatic carbocycles. The number of hydrogen-bond acceptors (Lipinski definition) is 5. The number of anilines is 1. The van der Waals surface area contributed by atoms with E-state index in [1.165, 1.54) is 0 Å². The lowest BCUT2D eigenvalue weighted by Crippen LogP contribution is -2.46. The molecule has 5 aromatic rings. The average Bonchev–Trinajstić information content (AvgIpc) is 3.23. The van der Waals surface area contributed by atoms with Crippen molar-refractivity contribution in [1.29, 1.82) is 0 Å². The van der Waals surface area contributed by atoms with E-state index in [9.17, 15) is 4.79 Å². The number of carbonyl (C=O) groups is 1. The first-order valence-corrected chi connectivity index (χ1v) is 11.6. The van der Waals surface area contributed by atoms with Crippen LogP contribution in [0.5, 0.6) is 0 Å². The molecule has 0 spiro atoms. The van der Waals surface area contributed by atoms with Crippen LogP contribution in [-0.2, 0) is 10.2 Å². The van der Waals surface area contributed by atoms with Gasteiger partial charge < -0.3 is 11.5 Å². The third-order valence-corrected chi connectivity index (χ3v) is 7.01. The Balaban J connectivity index is 1.56. The van der Waals surface area contributed by atoms with Crippen LogP contribution in [0.3, 0.4) is 0 Å². The predicted molar refractivity (Wildman–Crippen MR) is 137 cm³/mol. The molecule has 0 atom stereocenters. The number of hydrogen-bond donors (Lipinski definition) is 2. The first kappa shape index (κ1) is 21.0. The number of amides is 1. The number of aromatic nitrogens is 4. The number of pyridine rings is 2. The minimum atomic E-state index is -0.565. The number of benzene rings is 2. The molecule has 4 N–H and O–H groups in total.